The number of nitrogens with zero attached hydrogens (tertiary/aromatic N) is 2. The normalized spacial score (nSPS) is 10.1. The molecule has 0 aliphatic rings. The zero-order chi connectivity index (χ0) is 9.84. The van der Waals surface area contributed by atoms with Crippen molar-refractivity contribution in [2.24, 2.45) is 0 Å². The smallest absolute Gasteiger partial charge is 0.273 e. The highest BCUT2D eigenvalue weighted by Crippen LogP contribution is 2.02. The molecule has 0 aliphatic heterocycles. The van der Waals surface area contributed by atoms with Crippen LogP contribution in [0.5, 0.6) is 0 Å². The molecule has 1 heterocycles. The largest absolute Gasteiger partial charge is 0.382 e. The Balaban J connectivity index is 2.83. The maximum Gasteiger partial charge on any atom is 0.273 e. The van der Waals surface area contributed by atoms with Crippen molar-refractivity contribution in [2.45, 2.75) is 19.9 Å². The molecule has 0 saturated heterocycles. The lowest BCUT2D eigenvalue weighted by atomic mass is 10.3. The minimum Gasteiger partial charge on any atom is -0.382 e. The first-order chi connectivity index (χ1) is 6.11. The first-order valence-electron chi connectivity index (χ1n) is 3.98. The zero-order valence-electron chi connectivity index (χ0n) is 7.61. The number of hydrogen-bond donors (Lipinski definition) is 2. The number of amides is 1. The number of carbonyl (C=O) groups excluding carboxylic acids is 1. The minimum atomic E-state index is -0.291. The average Bonchev–Trinajstić information content (AvgIpc) is 2.03. The van der Waals surface area contributed by atoms with Gasteiger partial charge in [0.2, 0.25) is 0 Å². The molecule has 0 saturated carbocycles. The van der Waals surface area contributed by atoms with Crippen LogP contribution in [0.3, 0.4) is 0 Å². The molecular formula is C8H12N4O. The number of anilines is 1. The van der Waals surface area contributed by atoms with Gasteiger partial charge in [-0.25, -0.2) is 9.97 Å². The van der Waals surface area contributed by atoms with Crippen LogP contribution in [-0.4, -0.2) is 21.9 Å². The highest BCUT2D eigenvalue weighted by atomic mass is 16.1. The topological polar surface area (TPSA) is 80.9 Å². The first kappa shape index (κ1) is 9.44. The van der Waals surface area contributed by atoms with Crippen LogP contribution in [-0.2, 0) is 0 Å². The summed E-state index contributed by atoms with van der Waals surface area (Å²) in [5.74, 6) is -0.138. The lowest BCUT2D eigenvalue weighted by molar-refractivity contribution is 0.0939. The van der Waals surface area contributed by atoms with E-state index in [-0.39, 0.29) is 23.5 Å². The molecule has 1 aromatic rings. The minimum absolute atomic E-state index is 0.0638. The van der Waals surface area contributed by atoms with Crippen LogP contribution in [0.25, 0.3) is 0 Å². The summed E-state index contributed by atoms with van der Waals surface area (Å²) < 4.78 is 0. The maximum atomic E-state index is 11.4. The van der Waals surface area contributed by atoms with Gasteiger partial charge in [-0.1, -0.05) is 0 Å². The van der Waals surface area contributed by atoms with Crippen molar-refractivity contribution in [3.63, 3.8) is 0 Å². The Bertz CT molecular complexity index is 311. The van der Waals surface area contributed by atoms with Crippen molar-refractivity contribution in [1.82, 2.24) is 15.3 Å². The molecule has 13 heavy (non-hydrogen) atoms. The van der Waals surface area contributed by atoms with Gasteiger partial charge in [-0.2, -0.15) is 0 Å². The molecule has 5 nitrogen and oxygen atoms in total. The summed E-state index contributed by atoms with van der Waals surface area (Å²) in [5, 5.41) is 2.68. The summed E-state index contributed by atoms with van der Waals surface area (Å²) >= 11 is 0. The van der Waals surface area contributed by atoms with Gasteiger partial charge in [-0.15, -0.1) is 0 Å². The third-order valence-electron chi connectivity index (χ3n) is 1.36. The molecule has 0 bridgehead atoms. The Morgan fingerprint density at radius 3 is 2.62 bits per heavy atom. The van der Waals surface area contributed by atoms with Crippen molar-refractivity contribution in [1.29, 1.82) is 0 Å². The van der Waals surface area contributed by atoms with E-state index in [1.165, 1.54) is 12.4 Å². The van der Waals surface area contributed by atoms with E-state index in [1.54, 1.807) is 0 Å². The predicted molar refractivity (Wildman–Crippen MR) is 49.0 cm³/mol. The Labute approximate surface area is 76.4 Å². The molecule has 0 spiro atoms. The third-order valence-corrected chi connectivity index (χ3v) is 1.36. The second-order valence-corrected chi connectivity index (χ2v) is 2.92. The van der Waals surface area contributed by atoms with Gasteiger partial charge in [0.1, 0.15) is 0 Å². The molecular weight excluding hydrogens is 168 g/mol. The van der Waals surface area contributed by atoms with E-state index in [2.05, 4.69) is 15.3 Å². The average molecular weight is 180 g/mol. The van der Waals surface area contributed by atoms with Crippen LogP contribution in [0.2, 0.25) is 0 Å². The van der Waals surface area contributed by atoms with Crippen molar-refractivity contribution in [3.8, 4) is 0 Å². The van der Waals surface area contributed by atoms with Crippen LogP contribution < -0.4 is 11.1 Å². The van der Waals surface area contributed by atoms with Crippen molar-refractivity contribution >= 4 is 11.7 Å². The van der Waals surface area contributed by atoms with E-state index in [1.807, 2.05) is 13.8 Å². The Morgan fingerprint density at radius 1 is 1.46 bits per heavy atom. The lowest BCUT2D eigenvalue weighted by Crippen LogP contribution is -2.31. The maximum absolute atomic E-state index is 11.4. The van der Waals surface area contributed by atoms with Crippen molar-refractivity contribution < 1.29 is 4.79 Å². The second-order valence-electron chi connectivity index (χ2n) is 2.92. The van der Waals surface area contributed by atoms with Gasteiger partial charge in [0.15, 0.2) is 11.5 Å². The molecule has 0 aliphatic carbocycles. The molecule has 0 unspecified atom stereocenters. The molecule has 0 radical (unpaired) electrons. The molecule has 0 aromatic carbocycles. The van der Waals surface area contributed by atoms with E-state index in [0.29, 0.717) is 0 Å². The SMILES string of the molecule is CC(C)NC(=O)c1nccnc1N. The Hall–Kier alpha value is -1.65. The molecule has 1 rings (SSSR count). The number of nitrogens with one attached hydrogen (secondary N) is 1. The number of aromatic nitrogens is 2. The molecule has 1 aromatic heterocycles. The monoisotopic (exact) mass is 180 g/mol. The van der Waals surface area contributed by atoms with Crippen molar-refractivity contribution in [3.05, 3.63) is 18.1 Å². The number of hydrogen-bond acceptors (Lipinski definition) is 4. The van der Waals surface area contributed by atoms with E-state index in [0.717, 1.165) is 0 Å². The third kappa shape index (κ3) is 2.40. The fourth-order valence-electron chi connectivity index (χ4n) is 0.854. The van der Waals surface area contributed by atoms with E-state index in [9.17, 15) is 4.79 Å². The number of rotatable bonds is 2. The molecule has 0 atom stereocenters. The first-order valence-corrected chi connectivity index (χ1v) is 3.98. The van der Waals surface area contributed by atoms with Gasteiger partial charge >= 0.3 is 0 Å². The lowest BCUT2D eigenvalue weighted by Gasteiger charge is -2.07. The Kier molecular flexibility index (Phi) is 2.79. The molecule has 0 fully saturated rings. The van der Waals surface area contributed by atoms with Crippen LogP contribution in [0, 0.1) is 0 Å². The standard InChI is InChI=1S/C8H12N4O/c1-5(2)12-8(13)6-7(9)11-4-3-10-6/h3-5H,1-2H3,(H2,9,11)(H,12,13). The van der Waals surface area contributed by atoms with Gasteiger partial charge in [-0.05, 0) is 13.8 Å². The summed E-state index contributed by atoms with van der Waals surface area (Å²) in [6, 6.07) is 0.0638. The van der Waals surface area contributed by atoms with E-state index >= 15 is 0 Å². The van der Waals surface area contributed by atoms with Gasteiger partial charge < -0.3 is 11.1 Å². The number of nitrogens with two attached hydrogens (primary N) is 1. The number of nitrogen functional groups attached to an aromatic ring is 1. The van der Waals surface area contributed by atoms with Crippen LogP contribution in [0.1, 0.15) is 24.3 Å². The fourth-order valence-corrected chi connectivity index (χ4v) is 0.854. The summed E-state index contributed by atoms with van der Waals surface area (Å²) in [7, 11) is 0. The highest BCUT2D eigenvalue weighted by molar-refractivity contribution is 5.96. The Morgan fingerprint density at radius 2 is 2.08 bits per heavy atom. The number of carbonyl (C=O) groups is 1. The fraction of sp³-hybridized carbons (Fsp3) is 0.375. The van der Waals surface area contributed by atoms with Gasteiger partial charge in [-0.3, -0.25) is 4.79 Å². The van der Waals surface area contributed by atoms with E-state index in [4.69, 9.17) is 5.73 Å². The van der Waals surface area contributed by atoms with E-state index < -0.39 is 0 Å². The van der Waals surface area contributed by atoms with Gasteiger partial charge in [0.25, 0.3) is 5.91 Å². The molecule has 1 amide bonds. The highest BCUT2D eigenvalue weighted by Gasteiger charge is 2.11. The zero-order valence-corrected chi connectivity index (χ0v) is 7.61. The molecule has 70 valence electrons. The summed E-state index contributed by atoms with van der Waals surface area (Å²) in [4.78, 5) is 19.0. The molecule has 3 N–H and O–H groups in total. The van der Waals surface area contributed by atoms with Crippen LogP contribution >= 0.6 is 0 Å². The van der Waals surface area contributed by atoms with Crippen molar-refractivity contribution in [2.75, 3.05) is 5.73 Å². The summed E-state index contributed by atoms with van der Waals surface area (Å²) in [6.45, 7) is 3.73. The summed E-state index contributed by atoms with van der Waals surface area (Å²) in [5.41, 5.74) is 5.64. The molecule has 5 heteroatoms. The predicted octanol–water partition coefficient (Wildman–Crippen LogP) is 0.197. The van der Waals surface area contributed by atoms with Gasteiger partial charge in [0.05, 0.1) is 0 Å². The second kappa shape index (κ2) is 3.84. The van der Waals surface area contributed by atoms with Crippen LogP contribution in [0.4, 0.5) is 5.82 Å². The van der Waals surface area contributed by atoms with Gasteiger partial charge in [0, 0.05) is 18.4 Å². The summed E-state index contributed by atoms with van der Waals surface area (Å²) in [6.07, 6.45) is 2.88. The quantitative estimate of drug-likeness (QED) is 0.681. The van der Waals surface area contributed by atoms with Crippen LogP contribution in [0.15, 0.2) is 12.4 Å².